The first-order chi connectivity index (χ1) is 11.1. The fourth-order valence-electron chi connectivity index (χ4n) is 2.68. The van der Waals surface area contributed by atoms with Crippen molar-refractivity contribution in [3.05, 3.63) is 58.7 Å². The van der Waals surface area contributed by atoms with E-state index in [2.05, 4.69) is 5.32 Å². The predicted octanol–water partition coefficient (Wildman–Crippen LogP) is 3.72. The van der Waals surface area contributed by atoms with Crippen LogP contribution in [0.2, 0.25) is 0 Å². The number of anilines is 1. The minimum absolute atomic E-state index is 0.160. The molecule has 2 aromatic carbocycles. The van der Waals surface area contributed by atoms with Crippen molar-refractivity contribution in [2.24, 2.45) is 0 Å². The number of benzene rings is 2. The molecule has 0 spiro atoms. The Morgan fingerprint density at radius 1 is 0.917 bits per heavy atom. The zero-order chi connectivity index (χ0) is 18.1. The fraction of sp³-hybridized carbons (Fsp3) is 0.316. The van der Waals surface area contributed by atoms with Gasteiger partial charge in [0.05, 0.1) is 4.90 Å². The molecule has 5 heteroatoms. The van der Waals surface area contributed by atoms with E-state index in [4.69, 9.17) is 0 Å². The van der Waals surface area contributed by atoms with Gasteiger partial charge < -0.3 is 5.32 Å². The molecule has 0 saturated heterocycles. The maximum Gasteiger partial charge on any atom is 0.242 e. The average molecular weight is 345 g/mol. The molecule has 0 aromatic heterocycles. The Hall–Kier alpha value is -2.14. The van der Waals surface area contributed by atoms with Crippen molar-refractivity contribution >= 4 is 21.4 Å². The molecule has 2 aromatic rings. The molecule has 24 heavy (non-hydrogen) atoms. The Morgan fingerprint density at radius 3 is 1.92 bits per heavy atom. The third-order valence-electron chi connectivity index (χ3n) is 4.11. The summed E-state index contributed by atoms with van der Waals surface area (Å²) in [6.45, 7) is 9.08. The molecule has 0 heterocycles. The minimum Gasteiger partial charge on any atom is -0.324 e. The number of hydrogen-bond donors (Lipinski definition) is 1. The number of hydrogen-bond acceptors (Lipinski definition) is 3. The van der Waals surface area contributed by atoms with Gasteiger partial charge in [0.2, 0.25) is 5.91 Å². The molecular weight excluding hydrogens is 322 g/mol. The van der Waals surface area contributed by atoms with E-state index in [0.29, 0.717) is 5.69 Å². The van der Waals surface area contributed by atoms with Gasteiger partial charge in [-0.25, -0.2) is 8.42 Å². The molecule has 0 aliphatic rings. The fourth-order valence-corrected chi connectivity index (χ4v) is 3.94. The molecule has 0 fully saturated rings. The van der Waals surface area contributed by atoms with Gasteiger partial charge in [0.1, 0.15) is 5.25 Å². The van der Waals surface area contributed by atoms with E-state index in [1.165, 1.54) is 19.1 Å². The van der Waals surface area contributed by atoms with Gasteiger partial charge in [0, 0.05) is 5.69 Å². The lowest BCUT2D eigenvalue weighted by atomic mass is 10.1. The second-order valence-electron chi connectivity index (χ2n) is 6.26. The molecule has 4 nitrogen and oxygen atoms in total. The van der Waals surface area contributed by atoms with Gasteiger partial charge in [-0.3, -0.25) is 4.79 Å². The highest BCUT2D eigenvalue weighted by Gasteiger charge is 2.30. The van der Waals surface area contributed by atoms with Crippen LogP contribution in [0.4, 0.5) is 5.69 Å². The largest absolute Gasteiger partial charge is 0.324 e. The number of rotatable bonds is 4. The first kappa shape index (κ1) is 18.2. The molecule has 1 N–H and O–H groups in total. The number of carbonyl (C=O) groups is 1. The first-order valence-corrected chi connectivity index (χ1v) is 9.37. The highest BCUT2D eigenvalue weighted by atomic mass is 32.2. The van der Waals surface area contributed by atoms with Crippen LogP contribution < -0.4 is 5.32 Å². The molecule has 0 aliphatic carbocycles. The van der Waals surface area contributed by atoms with Gasteiger partial charge in [-0.05, 0) is 57.9 Å². The smallest absolute Gasteiger partial charge is 0.242 e. The van der Waals surface area contributed by atoms with Gasteiger partial charge in [-0.15, -0.1) is 0 Å². The van der Waals surface area contributed by atoms with Crippen molar-refractivity contribution in [3.8, 4) is 0 Å². The quantitative estimate of drug-likeness (QED) is 0.918. The third-order valence-corrected chi connectivity index (χ3v) is 6.18. The third kappa shape index (κ3) is 3.67. The summed E-state index contributed by atoms with van der Waals surface area (Å²) in [7, 11) is -3.72. The van der Waals surface area contributed by atoms with Crippen LogP contribution in [0.5, 0.6) is 0 Å². The summed E-state index contributed by atoms with van der Waals surface area (Å²) in [6.07, 6.45) is 0. The van der Waals surface area contributed by atoms with Gasteiger partial charge in [-0.2, -0.15) is 0 Å². The zero-order valence-corrected chi connectivity index (χ0v) is 15.5. The summed E-state index contributed by atoms with van der Waals surface area (Å²) >= 11 is 0. The Kier molecular flexibility index (Phi) is 5.13. The Balaban J connectivity index is 2.28. The highest BCUT2D eigenvalue weighted by molar-refractivity contribution is 7.92. The summed E-state index contributed by atoms with van der Waals surface area (Å²) in [4.78, 5) is 12.7. The zero-order valence-electron chi connectivity index (χ0n) is 14.7. The van der Waals surface area contributed by atoms with Crippen molar-refractivity contribution in [3.63, 3.8) is 0 Å². The molecule has 128 valence electrons. The van der Waals surface area contributed by atoms with E-state index in [9.17, 15) is 13.2 Å². The lowest BCUT2D eigenvalue weighted by Gasteiger charge is -2.17. The number of nitrogens with one attached hydrogen (secondary N) is 1. The van der Waals surface area contributed by atoms with Crippen LogP contribution in [-0.2, 0) is 14.6 Å². The number of carbonyl (C=O) groups excluding carboxylic acids is 1. The van der Waals surface area contributed by atoms with E-state index in [-0.39, 0.29) is 4.90 Å². The molecule has 1 atom stereocenters. The van der Waals surface area contributed by atoms with E-state index in [1.807, 2.05) is 39.8 Å². The normalized spacial score (nSPS) is 12.7. The monoisotopic (exact) mass is 345 g/mol. The van der Waals surface area contributed by atoms with Gasteiger partial charge in [-0.1, -0.05) is 35.4 Å². The standard InChI is InChI=1S/C19H23NO3S/c1-12-6-8-17(9-7-12)24(22,23)16(5)19(21)20-18-14(3)10-13(2)11-15(18)4/h6-11,16H,1-5H3,(H,20,21). The summed E-state index contributed by atoms with van der Waals surface area (Å²) in [5.41, 5.74) is 4.58. The summed E-state index contributed by atoms with van der Waals surface area (Å²) in [5.74, 6) is -0.523. The lowest BCUT2D eigenvalue weighted by Crippen LogP contribution is -2.33. The number of aryl methyl sites for hydroxylation is 4. The SMILES string of the molecule is Cc1ccc(S(=O)(=O)C(C)C(=O)Nc2c(C)cc(C)cc2C)cc1. The van der Waals surface area contributed by atoms with Crippen molar-refractivity contribution < 1.29 is 13.2 Å². The van der Waals surface area contributed by atoms with Crippen LogP contribution in [0.25, 0.3) is 0 Å². The molecule has 2 rings (SSSR count). The number of amides is 1. The summed E-state index contributed by atoms with van der Waals surface area (Å²) in [5, 5.41) is 1.61. The van der Waals surface area contributed by atoms with Crippen molar-refractivity contribution in [1.29, 1.82) is 0 Å². The second kappa shape index (κ2) is 6.77. The van der Waals surface area contributed by atoms with Crippen LogP contribution in [0, 0.1) is 27.7 Å². The van der Waals surface area contributed by atoms with Crippen LogP contribution in [0.15, 0.2) is 41.3 Å². The molecular formula is C19H23NO3S. The Bertz CT molecular complexity index is 845. The minimum atomic E-state index is -3.72. The molecule has 0 bridgehead atoms. The molecule has 0 aliphatic heterocycles. The van der Waals surface area contributed by atoms with Crippen molar-refractivity contribution in [2.45, 2.75) is 44.8 Å². The van der Waals surface area contributed by atoms with E-state index < -0.39 is 21.0 Å². The Morgan fingerprint density at radius 2 is 1.42 bits per heavy atom. The van der Waals surface area contributed by atoms with Crippen LogP contribution >= 0.6 is 0 Å². The van der Waals surface area contributed by atoms with Crippen LogP contribution in [-0.4, -0.2) is 19.6 Å². The first-order valence-electron chi connectivity index (χ1n) is 7.82. The van der Waals surface area contributed by atoms with Crippen LogP contribution in [0.3, 0.4) is 0 Å². The van der Waals surface area contributed by atoms with Crippen molar-refractivity contribution in [1.82, 2.24) is 0 Å². The van der Waals surface area contributed by atoms with E-state index in [0.717, 1.165) is 22.3 Å². The van der Waals surface area contributed by atoms with Gasteiger partial charge in [0.15, 0.2) is 9.84 Å². The van der Waals surface area contributed by atoms with Gasteiger partial charge >= 0.3 is 0 Å². The van der Waals surface area contributed by atoms with E-state index in [1.54, 1.807) is 12.1 Å². The maximum atomic E-state index is 12.6. The van der Waals surface area contributed by atoms with Crippen LogP contribution in [0.1, 0.15) is 29.2 Å². The molecule has 1 unspecified atom stereocenters. The topological polar surface area (TPSA) is 63.2 Å². The maximum absolute atomic E-state index is 12.6. The number of sulfone groups is 1. The molecule has 0 radical (unpaired) electrons. The Labute approximate surface area is 143 Å². The van der Waals surface area contributed by atoms with E-state index >= 15 is 0 Å². The predicted molar refractivity (Wildman–Crippen MR) is 97.1 cm³/mol. The average Bonchev–Trinajstić information content (AvgIpc) is 2.50. The summed E-state index contributed by atoms with van der Waals surface area (Å²) < 4.78 is 25.3. The second-order valence-corrected chi connectivity index (χ2v) is 8.53. The lowest BCUT2D eigenvalue weighted by molar-refractivity contribution is -0.115. The van der Waals surface area contributed by atoms with Gasteiger partial charge in [0.25, 0.3) is 0 Å². The van der Waals surface area contributed by atoms with Crippen molar-refractivity contribution in [2.75, 3.05) is 5.32 Å². The molecule has 0 saturated carbocycles. The summed E-state index contributed by atoms with van der Waals surface area (Å²) in [6, 6.07) is 10.5. The molecule has 1 amide bonds. The highest BCUT2D eigenvalue weighted by Crippen LogP contribution is 2.24.